The van der Waals surface area contributed by atoms with E-state index in [1.54, 1.807) is 30.3 Å². The van der Waals surface area contributed by atoms with Crippen LogP contribution in [0.25, 0.3) is 17.0 Å². The number of hydrogen-bond donors (Lipinski definition) is 2. The van der Waals surface area contributed by atoms with Crippen LogP contribution in [0.15, 0.2) is 36.4 Å². The lowest BCUT2D eigenvalue weighted by molar-refractivity contribution is 0.233. The van der Waals surface area contributed by atoms with Crippen LogP contribution in [0, 0.1) is 5.82 Å². The Morgan fingerprint density at radius 1 is 1.18 bits per heavy atom. The van der Waals surface area contributed by atoms with E-state index in [1.807, 2.05) is 13.8 Å². The van der Waals surface area contributed by atoms with Crippen LogP contribution in [0.5, 0.6) is 0 Å². The van der Waals surface area contributed by atoms with Crippen LogP contribution in [0.3, 0.4) is 0 Å². The molecule has 0 unspecified atom stereocenters. The first-order chi connectivity index (χ1) is 10.5. The summed E-state index contributed by atoms with van der Waals surface area (Å²) in [6.45, 7) is 3.65. The predicted octanol–water partition coefficient (Wildman–Crippen LogP) is 2.11. The molecule has 7 heteroatoms. The van der Waals surface area contributed by atoms with Gasteiger partial charge in [-0.2, -0.15) is 4.52 Å². The Kier molecular flexibility index (Phi) is 3.50. The fourth-order valence-electron chi connectivity index (χ4n) is 2.05. The Morgan fingerprint density at radius 3 is 2.68 bits per heavy atom. The topological polar surface area (TPSA) is 75.3 Å². The van der Waals surface area contributed by atoms with E-state index in [1.165, 1.54) is 10.6 Å². The van der Waals surface area contributed by atoms with E-state index in [4.69, 9.17) is 0 Å². The van der Waals surface area contributed by atoms with Gasteiger partial charge in [0.15, 0.2) is 11.5 Å². The van der Waals surface area contributed by atoms with Gasteiger partial charge < -0.3 is 10.4 Å². The lowest BCUT2D eigenvalue weighted by Crippen LogP contribution is -2.35. The molecule has 2 heterocycles. The average Bonchev–Trinajstić information content (AvgIpc) is 2.90. The second-order valence-corrected chi connectivity index (χ2v) is 5.66. The van der Waals surface area contributed by atoms with Crippen molar-refractivity contribution in [2.75, 3.05) is 11.9 Å². The molecular weight excluding hydrogens is 285 g/mol. The zero-order valence-corrected chi connectivity index (χ0v) is 12.3. The van der Waals surface area contributed by atoms with Gasteiger partial charge in [0.1, 0.15) is 11.6 Å². The minimum atomic E-state index is -0.521. The zero-order chi connectivity index (χ0) is 15.7. The number of rotatable bonds is 4. The van der Waals surface area contributed by atoms with Crippen molar-refractivity contribution >= 4 is 11.5 Å². The number of nitrogens with zero attached hydrogens (tertiary/aromatic N) is 4. The molecule has 0 saturated carbocycles. The molecule has 0 saturated heterocycles. The summed E-state index contributed by atoms with van der Waals surface area (Å²) in [5.74, 6) is 0.496. The number of aromatic nitrogens is 4. The molecule has 1 aromatic carbocycles. The Balaban J connectivity index is 2.08. The molecule has 0 aliphatic heterocycles. The molecular formula is C15H16FN5O. The second kappa shape index (κ2) is 5.34. The molecule has 2 N–H and O–H groups in total. The van der Waals surface area contributed by atoms with Crippen molar-refractivity contribution in [1.82, 2.24) is 19.8 Å². The highest BCUT2D eigenvalue weighted by molar-refractivity contribution is 5.60. The van der Waals surface area contributed by atoms with Gasteiger partial charge in [0.05, 0.1) is 17.7 Å². The average molecular weight is 301 g/mol. The largest absolute Gasteiger partial charge is 0.394 e. The summed E-state index contributed by atoms with van der Waals surface area (Å²) < 4.78 is 15.4. The normalized spacial score (nSPS) is 11.8. The van der Waals surface area contributed by atoms with Gasteiger partial charge in [-0.05, 0) is 38.1 Å². The van der Waals surface area contributed by atoms with Crippen LogP contribution in [-0.2, 0) is 0 Å². The van der Waals surface area contributed by atoms with Gasteiger partial charge in [0.25, 0.3) is 0 Å². The highest BCUT2D eigenvalue weighted by Crippen LogP contribution is 2.22. The summed E-state index contributed by atoms with van der Waals surface area (Å²) >= 11 is 0. The van der Waals surface area contributed by atoms with Crippen LogP contribution >= 0.6 is 0 Å². The van der Waals surface area contributed by atoms with Crippen molar-refractivity contribution in [1.29, 1.82) is 0 Å². The maximum absolute atomic E-state index is 13.9. The van der Waals surface area contributed by atoms with Crippen LogP contribution < -0.4 is 5.32 Å². The molecule has 0 aliphatic carbocycles. The number of benzene rings is 1. The Hall–Kier alpha value is -2.54. The molecule has 2 aromatic heterocycles. The number of aliphatic hydroxyl groups excluding tert-OH is 1. The fourth-order valence-corrected chi connectivity index (χ4v) is 2.05. The summed E-state index contributed by atoms with van der Waals surface area (Å²) in [5.41, 5.74) is 0.332. The molecule has 0 radical (unpaired) electrons. The van der Waals surface area contributed by atoms with Crippen molar-refractivity contribution in [3.8, 4) is 11.4 Å². The van der Waals surface area contributed by atoms with E-state index in [2.05, 4.69) is 20.6 Å². The minimum absolute atomic E-state index is 0.0466. The third-order valence-electron chi connectivity index (χ3n) is 3.24. The molecule has 3 aromatic rings. The van der Waals surface area contributed by atoms with E-state index in [0.29, 0.717) is 22.9 Å². The third-order valence-corrected chi connectivity index (χ3v) is 3.24. The Morgan fingerprint density at radius 2 is 1.95 bits per heavy atom. The van der Waals surface area contributed by atoms with E-state index in [9.17, 15) is 9.50 Å². The van der Waals surface area contributed by atoms with Crippen LogP contribution in [0.2, 0.25) is 0 Å². The van der Waals surface area contributed by atoms with E-state index < -0.39 is 5.54 Å². The van der Waals surface area contributed by atoms with Crippen molar-refractivity contribution < 1.29 is 9.50 Å². The summed E-state index contributed by atoms with van der Waals surface area (Å²) in [6.07, 6.45) is 0. The molecule has 0 aliphatic rings. The van der Waals surface area contributed by atoms with Gasteiger partial charge in [0.2, 0.25) is 0 Å². The molecule has 22 heavy (non-hydrogen) atoms. The lowest BCUT2D eigenvalue weighted by atomic mass is 10.1. The maximum atomic E-state index is 13.9. The lowest BCUT2D eigenvalue weighted by Gasteiger charge is -2.23. The van der Waals surface area contributed by atoms with Gasteiger partial charge in [0, 0.05) is 0 Å². The van der Waals surface area contributed by atoms with E-state index >= 15 is 0 Å². The van der Waals surface area contributed by atoms with E-state index in [0.717, 1.165) is 0 Å². The van der Waals surface area contributed by atoms with Gasteiger partial charge in [-0.3, -0.25) is 0 Å². The molecule has 3 rings (SSSR count). The monoisotopic (exact) mass is 301 g/mol. The van der Waals surface area contributed by atoms with Gasteiger partial charge in [-0.25, -0.2) is 4.39 Å². The number of hydrogen-bond acceptors (Lipinski definition) is 5. The van der Waals surface area contributed by atoms with Gasteiger partial charge in [-0.1, -0.05) is 12.1 Å². The van der Waals surface area contributed by atoms with Crippen molar-refractivity contribution in [3.63, 3.8) is 0 Å². The second-order valence-electron chi connectivity index (χ2n) is 5.66. The zero-order valence-electron chi connectivity index (χ0n) is 12.3. The fraction of sp³-hybridized carbons (Fsp3) is 0.267. The summed E-state index contributed by atoms with van der Waals surface area (Å²) in [5, 5.41) is 24.8. The van der Waals surface area contributed by atoms with E-state index in [-0.39, 0.29) is 12.4 Å². The first-order valence-electron chi connectivity index (χ1n) is 6.86. The molecule has 0 atom stereocenters. The number of fused-ring (bicyclic) bond motifs is 1. The third kappa shape index (κ3) is 2.62. The number of halogens is 1. The summed E-state index contributed by atoms with van der Waals surface area (Å²) in [6, 6.07) is 9.83. The van der Waals surface area contributed by atoms with Crippen molar-refractivity contribution in [2.24, 2.45) is 0 Å². The van der Waals surface area contributed by atoms with Gasteiger partial charge >= 0.3 is 0 Å². The van der Waals surface area contributed by atoms with Crippen molar-refractivity contribution in [3.05, 3.63) is 42.2 Å². The highest BCUT2D eigenvalue weighted by atomic mass is 19.1. The van der Waals surface area contributed by atoms with Crippen LogP contribution in [0.1, 0.15) is 13.8 Å². The highest BCUT2D eigenvalue weighted by Gasteiger charge is 2.18. The molecule has 0 amide bonds. The minimum Gasteiger partial charge on any atom is -0.394 e. The molecule has 6 nitrogen and oxygen atoms in total. The SMILES string of the molecule is CC(C)(CO)Nc1ccc2nnc(-c3ccccc3F)n2n1. The van der Waals surface area contributed by atoms with Crippen LogP contribution in [0.4, 0.5) is 10.2 Å². The molecule has 114 valence electrons. The Labute approximate surface area is 126 Å². The molecule has 0 spiro atoms. The first-order valence-corrected chi connectivity index (χ1v) is 6.86. The number of nitrogens with one attached hydrogen (secondary N) is 1. The molecule has 0 bridgehead atoms. The van der Waals surface area contributed by atoms with Crippen molar-refractivity contribution in [2.45, 2.75) is 19.4 Å². The number of aliphatic hydroxyl groups is 1. The van der Waals surface area contributed by atoms with Crippen LogP contribution in [-0.4, -0.2) is 37.1 Å². The Bertz CT molecular complexity index is 815. The maximum Gasteiger partial charge on any atom is 0.188 e. The number of anilines is 1. The summed E-state index contributed by atoms with van der Waals surface area (Å²) in [7, 11) is 0. The smallest absolute Gasteiger partial charge is 0.188 e. The quantitative estimate of drug-likeness (QED) is 0.772. The standard InChI is InChI=1S/C15H16FN5O/c1-15(2,9-22)17-12-7-8-13-18-19-14(21(13)20-12)10-5-3-4-6-11(10)16/h3-8,22H,9H2,1-2H3,(H,17,20). The first kappa shape index (κ1) is 14.4. The summed E-state index contributed by atoms with van der Waals surface area (Å²) in [4.78, 5) is 0. The van der Waals surface area contributed by atoms with Gasteiger partial charge in [-0.15, -0.1) is 15.3 Å². The predicted molar refractivity (Wildman–Crippen MR) is 81.0 cm³/mol. The molecule has 0 fully saturated rings.